The molecule has 13 heavy (non-hydrogen) atoms. The summed E-state index contributed by atoms with van der Waals surface area (Å²) in [6, 6.07) is 0. The average Bonchev–Trinajstić information content (AvgIpc) is 2.17. The van der Waals surface area contributed by atoms with Crippen molar-refractivity contribution in [3.05, 3.63) is 11.3 Å². The molecule has 0 aliphatic carbocycles. The highest BCUT2D eigenvalue weighted by Gasteiger charge is 2.02. The Kier molecular flexibility index (Phi) is 7.86. The summed E-state index contributed by atoms with van der Waals surface area (Å²) >= 11 is 0. The van der Waals surface area contributed by atoms with Crippen LogP contribution in [0.5, 0.6) is 0 Å². The topological polar surface area (TPSA) is 9.23 Å². The van der Waals surface area contributed by atoms with Crippen LogP contribution in [-0.4, -0.2) is 6.61 Å². The van der Waals surface area contributed by atoms with Gasteiger partial charge in [0, 0.05) is 6.42 Å². The SMILES string of the molecule is CCCCOC(CC)=C(CC)CC. The second-order valence-electron chi connectivity index (χ2n) is 3.29. The van der Waals surface area contributed by atoms with E-state index in [0.717, 1.165) is 25.9 Å². The third kappa shape index (κ3) is 4.97. The maximum absolute atomic E-state index is 5.76. The molecule has 0 saturated carbocycles. The lowest BCUT2D eigenvalue weighted by atomic mass is 10.1. The van der Waals surface area contributed by atoms with Gasteiger partial charge in [0.25, 0.3) is 0 Å². The minimum atomic E-state index is 0.892. The van der Waals surface area contributed by atoms with E-state index in [1.165, 1.54) is 24.2 Å². The molecule has 0 bridgehead atoms. The molecule has 0 aromatic carbocycles. The first-order valence-electron chi connectivity index (χ1n) is 5.63. The Hall–Kier alpha value is -0.460. The lowest BCUT2D eigenvalue weighted by Gasteiger charge is -2.12. The van der Waals surface area contributed by atoms with E-state index < -0.39 is 0 Å². The molecule has 0 aliphatic heterocycles. The van der Waals surface area contributed by atoms with Crippen molar-refractivity contribution in [2.75, 3.05) is 6.61 Å². The highest BCUT2D eigenvalue weighted by molar-refractivity contribution is 5.07. The predicted octanol–water partition coefficient (Wildman–Crippen LogP) is 4.29. The fourth-order valence-electron chi connectivity index (χ4n) is 1.44. The fourth-order valence-corrected chi connectivity index (χ4v) is 1.44. The summed E-state index contributed by atoms with van der Waals surface area (Å²) in [5, 5.41) is 0. The maximum atomic E-state index is 5.76. The molecule has 0 atom stereocenters. The summed E-state index contributed by atoms with van der Waals surface area (Å²) in [5.74, 6) is 1.23. The standard InChI is InChI=1S/C12H24O/c1-5-9-10-13-12(8-4)11(6-2)7-3/h5-10H2,1-4H3. The lowest BCUT2D eigenvalue weighted by molar-refractivity contribution is 0.195. The molecule has 0 unspecified atom stereocenters. The van der Waals surface area contributed by atoms with E-state index in [1.807, 2.05) is 0 Å². The van der Waals surface area contributed by atoms with E-state index in [4.69, 9.17) is 4.74 Å². The highest BCUT2D eigenvalue weighted by atomic mass is 16.5. The van der Waals surface area contributed by atoms with Gasteiger partial charge in [0.2, 0.25) is 0 Å². The van der Waals surface area contributed by atoms with E-state index in [9.17, 15) is 0 Å². The summed E-state index contributed by atoms with van der Waals surface area (Å²) in [6.07, 6.45) is 5.69. The largest absolute Gasteiger partial charge is 0.498 e. The zero-order valence-corrected chi connectivity index (χ0v) is 9.65. The van der Waals surface area contributed by atoms with Gasteiger partial charge in [0.1, 0.15) is 0 Å². The zero-order chi connectivity index (χ0) is 10.1. The minimum Gasteiger partial charge on any atom is -0.498 e. The van der Waals surface area contributed by atoms with E-state index >= 15 is 0 Å². The summed E-state index contributed by atoms with van der Waals surface area (Å²) < 4.78 is 5.76. The quantitative estimate of drug-likeness (QED) is 0.423. The van der Waals surface area contributed by atoms with Crippen LogP contribution in [0.1, 0.15) is 59.8 Å². The molecule has 0 amide bonds. The van der Waals surface area contributed by atoms with E-state index in [1.54, 1.807) is 0 Å². The van der Waals surface area contributed by atoms with Crippen LogP contribution < -0.4 is 0 Å². The van der Waals surface area contributed by atoms with Gasteiger partial charge in [-0.25, -0.2) is 0 Å². The molecular weight excluding hydrogens is 160 g/mol. The Balaban J connectivity index is 4.04. The number of unbranched alkanes of at least 4 members (excludes halogenated alkanes) is 1. The molecule has 1 nitrogen and oxygen atoms in total. The van der Waals surface area contributed by atoms with Gasteiger partial charge in [0.05, 0.1) is 12.4 Å². The monoisotopic (exact) mass is 184 g/mol. The summed E-state index contributed by atoms with van der Waals surface area (Å²) in [5.41, 5.74) is 1.48. The van der Waals surface area contributed by atoms with Crippen LogP contribution >= 0.6 is 0 Å². The lowest BCUT2D eigenvalue weighted by Crippen LogP contribution is -1.98. The Morgan fingerprint density at radius 2 is 1.54 bits per heavy atom. The molecule has 0 radical (unpaired) electrons. The summed E-state index contributed by atoms with van der Waals surface area (Å²) in [6.45, 7) is 9.67. The first-order chi connectivity index (χ1) is 6.29. The number of hydrogen-bond acceptors (Lipinski definition) is 1. The zero-order valence-electron chi connectivity index (χ0n) is 9.65. The molecule has 0 aliphatic rings. The molecule has 0 fully saturated rings. The Morgan fingerprint density at radius 3 is 1.92 bits per heavy atom. The first kappa shape index (κ1) is 12.5. The Bertz CT molecular complexity index is 141. The summed E-state index contributed by atoms with van der Waals surface area (Å²) in [7, 11) is 0. The maximum Gasteiger partial charge on any atom is 0.0948 e. The second kappa shape index (κ2) is 8.15. The van der Waals surface area contributed by atoms with Gasteiger partial charge in [0.15, 0.2) is 0 Å². The smallest absolute Gasteiger partial charge is 0.0948 e. The molecule has 0 aromatic rings. The van der Waals surface area contributed by atoms with Crippen LogP contribution in [0.3, 0.4) is 0 Å². The number of ether oxygens (including phenoxy) is 1. The molecule has 0 N–H and O–H groups in total. The molecule has 0 heterocycles. The molecule has 1 heteroatoms. The van der Waals surface area contributed by atoms with Crippen molar-refractivity contribution in [2.24, 2.45) is 0 Å². The normalized spacial score (nSPS) is 9.85. The second-order valence-corrected chi connectivity index (χ2v) is 3.29. The molecule has 0 aromatic heterocycles. The van der Waals surface area contributed by atoms with E-state index in [0.29, 0.717) is 0 Å². The van der Waals surface area contributed by atoms with Crippen LogP contribution in [0.15, 0.2) is 11.3 Å². The van der Waals surface area contributed by atoms with Crippen molar-refractivity contribution in [1.29, 1.82) is 0 Å². The van der Waals surface area contributed by atoms with Crippen LogP contribution in [0.25, 0.3) is 0 Å². The van der Waals surface area contributed by atoms with Gasteiger partial charge in [-0.15, -0.1) is 0 Å². The van der Waals surface area contributed by atoms with Gasteiger partial charge < -0.3 is 4.74 Å². The molecule has 0 rings (SSSR count). The van der Waals surface area contributed by atoms with E-state index in [2.05, 4.69) is 27.7 Å². The van der Waals surface area contributed by atoms with Crippen LogP contribution in [0.2, 0.25) is 0 Å². The van der Waals surface area contributed by atoms with Crippen molar-refractivity contribution in [2.45, 2.75) is 59.8 Å². The number of allylic oxidation sites excluding steroid dienone is 2. The molecular formula is C12H24O. The van der Waals surface area contributed by atoms with Gasteiger partial charge in [-0.2, -0.15) is 0 Å². The van der Waals surface area contributed by atoms with Crippen molar-refractivity contribution in [3.8, 4) is 0 Å². The van der Waals surface area contributed by atoms with Crippen LogP contribution in [0, 0.1) is 0 Å². The van der Waals surface area contributed by atoms with Crippen LogP contribution in [0.4, 0.5) is 0 Å². The van der Waals surface area contributed by atoms with Crippen molar-refractivity contribution >= 4 is 0 Å². The number of hydrogen-bond donors (Lipinski definition) is 0. The van der Waals surface area contributed by atoms with Gasteiger partial charge in [-0.3, -0.25) is 0 Å². The fraction of sp³-hybridized carbons (Fsp3) is 0.833. The van der Waals surface area contributed by atoms with Gasteiger partial charge >= 0.3 is 0 Å². The Labute approximate surface area is 83.2 Å². The first-order valence-corrected chi connectivity index (χ1v) is 5.63. The van der Waals surface area contributed by atoms with Gasteiger partial charge in [-0.1, -0.05) is 34.1 Å². The third-order valence-electron chi connectivity index (χ3n) is 2.34. The minimum absolute atomic E-state index is 0.892. The highest BCUT2D eigenvalue weighted by Crippen LogP contribution is 2.17. The molecule has 0 spiro atoms. The summed E-state index contributed by atoms with van der Waals surface area (Å²) in [4.78, 5) is 0. The third-order valence-corrected chi connectivity index (χ3v) is 2.34. The van der Waals surface area contributed by atoms with E-state index in [-0.39, 0.29) is 0 Å². The average molecular weight is 184 g/mol. The predicted molar refractivity (Wildman–Crippen MR) is 58.8 cm³/mol. The van der Waals surface area contributed by atoms with Crippen molar-refractivity contribution in [3.63, 3.8) is 0 Å². The molecule has 0 saturated heterocycles. The molecule has 78 valence electrons. The number of rotatable bonds is 7. The van der Waals surface area contributed by atoms with Gasteiger partial charge in [-0.05, 0) is 24.8 Å². The van der Waals surface area contributed by atoms with Crippen molar-refractivity contribution < 1.29 is 4.74 Å². The van der Waals surface area contributed by atoms with Crippen molar-refractivity contribution in [1.82, 2.24) is 0 Å². The Morgan fingerprint density at radius 1 is 0.923 bits per heavy atom. The van der Waals surface area contributed by atoms with Crippen LogP contribution in [-0.2, 0) is 4.74 Å².